The normalized spacial score (nSPS) is 38.1. The van der Waals surface area contributed by atoms with E-state index in [2.05, 4.69) is 5.32 Å². The third kappa shape index (κ3) is 2.79. The maximum absolute atomic E-state index is 12.7. The zero-order valence-corrected chi connectivity index (χ0v) is 11.5. The number of nitrogens with one attached hydrogen (secondary N) is 1. The molecule has 102 valence electrons. The first kappa shape index (κ1) is 12.7. The van der Waals surface area contributed by atoms with Gasteiger partial charge in [-0.2, -0.15) is 0 Å². The van der Waals surface area contributed by atoms with E-state index in [1.165, 1.54) is 57.8 Å². The number of rotatable bonds is 2. The van der Waals surface area contributed by atoms with Gasteiger partial charge in [0.2, 0.25) is 0 Å². The van der Waals surface area contributed by atoms with E-state index in [4.69, 9.17) is 0 Å². The van der Waals surface area contributed by atoms with Gasteiger partial charge in [-0.15, -0.1) is 0 Å². The van der Waals surface area contributed by atoms with Crippen LogP contribution in [0.15, 0.2) is 0 Å². The van der Waals surface area contributed by atoms with Crippen molar-refractivity contribution in [2.24, 2.45) is 11.8 Å². The predicted molar refractivity (Wildman–Crippen MR) is 73.5 cm³/mol. The zero-order valence-electron chi connectivity index (χ0n) is 11.5. The van der Waals surface area contributed by atoms with Gasteiger partial charge in [-0.05, 0) is 38.5 Å². The number of hydrogen-bond donors (Lipinski definition) is 1. The monoisotopic (exact) mass is 249 g/mol. The summed E-state index contributed by atoms with van der Waals surface area (Å²) in [6, 6.07) is 1.30. The highest BCUT2D eigenvalue weighted by molar-refractivity contribution is 5.83. The van der Waals surface area contributed by atoms with Crippen molar-refractivity contribution in [3.05, 3.63) is 0 Å². The molecule has 2 atom stereocenters. The molecule has 1 N–H and O–H groups in total. The number of fused-ring (bicyclic) bond motifs is 2. The minimum Gasteiger partial charge on any atom is -0.311 e. The summed E-state index contributed by atoms with van der Waals surface area (Å²) in [5.41, 5.74) is 0. The van der Waals surface area contributed by atoms with Crippen molar-refractivity contribution >= 4 is 5.78 Å². The van der Waals surface area contributed by atoms with Gasteiger partial charge >= 0.3 is 0 Å². The summed E-state index contributed by atoms with van der Waals surface area (Å²) >= 11 is 0. The second-order valence-corrected chi connectivity index (χ2v) is 6.75. The smallest absolute Gasteiger partial charge is 0.139 e. The van der Waals surface area contributed by atoms with Crippen LogP contribution >= 0.6 is 0 Å². The van der Waals surface area contributed by atoms with Crippen LogP contribution in [-0.2, 0) is 4.79 Å². The predicted octanol–water partition coefficient (Wildman–Crippen LogP) is 3.45. The zero-order chi connectivity index (χ0) is 12.4. The SMILES string of the molecule is O=C(C1CCCCCC1)C1CC2CCCC(C1)N2. The standard InChI is InChI=1S/C16H27NO/c18-16(12-6-3-1-2-4-7-12)13-10-14-8-5-9-15(11-13)17-14/h12-15,17H,1-11H2. The molecule has 3 rings (SSSR count). The van der Waals surface area contributed by atoms with E-state index >= 15 is 0 Å². The Morgan fingerprint density at radius 3 is 1.94 bits per heavy atom. The minimum atomic E-state index is 0.393. The Hall–Kier alpha value is -0.370. The Kier molecular flexibility index (Phi) is 4.03. The van der Waals surface area contributed by atoms with Gasteiger partial charge in [0.1, 0.15) is 5.78 Å². The lowest BCUT2D eigenvalue weighted by molar-refractivity contribution is -0.129. The first-order valence-corrected chi connectivity index (χ1v) is 8.12. The first-order chi connectivity index (χ1) is 8.83. The van der Waals surface area contributed by atoms with Crippen LogP contribution < -0.4 is 5.32 Å². The van der Waals surface area contributed by atoms with Gasteiger partial charge in [-0.1, -0.05) is 32.1 Å². The topological polar surface area (TPSA) is 29.1 Å². The third-order valence-corrected chi connectivity index (χ3v) is 5.37. The molecule has 2 saturated heterocycles. The van der Waals surface area contributed by atoms with E-state index in [1.54, 1.807) is 0 Å². The Morgan fingerprint density at radius 1 is 0.722 bits per heavy atom. The van der Waals surface area contributed by atoms with Crippen molar-refractivity contribution in [1.29, 1.82) is 0 Å². The molecule has 0 aromatic rings. The van der Waals surface area contributed by atoms with Crippen molar-refractivity contribution < 1.29 is 4.79 Å². The maximum Gasteiger partial charge on any atom is 0.139 e. The van der Waals surface area contributed by atoms with Crippen molar-refractivity contribution in [3.8, 4) is 0 Å². The number of ketones is 1. The van der Waals surface area contributed by atoms with Crippen molar-refractivity contribution in [2.75, 3.05) is 0 Å². The molecule has 2 aliphatic heterocycles. The summed E-state index contributed by atoms with van der Waals surface area (Å²) in [5.74, 6) is 1.44. The van der Waals surface area contributed by atoms with Gasteiger partial charge in [0.05, 0.1) is 0 Å². The number of carbonyl (C=O) groups is 1. The summed E-state index contributed by atoms with van der Waals surface area (Å²) in [4.78, 5) is 12.7. The van der Waals surface area contributed by atoms with Crippen molar-refractivity contribution in [2.45, 2.75) is 82.7 Å². The summed E-state index contributed by atoms with van der Waals surface area (Å²) < 4.78 is 0. The van der Waals surface area contributed by atoms with Crippen LogP contribution in [0.1, 0.15) is 70.6 Å². The van der Waals surface area contributed by atoms with E-state index in [0.29, 0.717) is 29.7 Å². The van der Waals surface area contributed by atoms with Crippen molar-refractivity contribution in [1.82, 2.24) is 5.32 Å². The Balaban J connectivity index is 1.61. The molecule has 0 spiro atoms. The molecule has 0 radical (unpaired) electrons. The summed E-state index contributed by atoms with van der Waals surface area (Å²) in [5, 5.41) is 3.70. The Morgan fingerprint density at radius 2 is 1.33 bits per heavy atom. The summed E-state index contributed by atoms with van der Waals surface area (Å²) in [6.07, 6.45) is 13.8. The fourth-order valence-electron chi connectivity index (χ4n) is 4.40. The molecule has 18 heavy (non-hydrogen) atoms. The molecule has 3 fully saturated rings. The van der Waals surface area contributed by atoms with E-state index in [9.17, 15) is 4.79 Å². The lowest BCUT2D eigenvalue weighted by Gasteiger charge is -2.40. The summed E-state index contributed by atoms with van der Waals surface area (Å²) in [6.45, 7) is 0. The molecule has 0 amide bonds. The molecular formula is C16H27NO. The number of Topliss-reactive ketones (excluding diaryl/α,β-unsaturated/α-hetero) is 1. The van der Waals surface area contributed by atoms with Gasteiger partial charge in [0, 0.05) is 23.9 Å². The molecule has 2 bridgehead atoms. The van der Waals surface area contributed by atoms with Crippen LogP contribution in [0.4, 0.5) is 0 Å². The van der Waals surface area contributed by atoms with E-state index < -0.39 is 0 Å². The molecule has 2 unspecified atom stereocenters. The van der Waals surface area contributed by atoms with Crippen LogP contribution in [0.5, 0.6) is 0 Å². The second kappa shape index (κ2) is 5.73. The van der Waals surface area contributed by atoms with E-state index in [1.807, 2.05) is 0 Å². The van der Waals surface area contributed by atoms with Crippen LogP contribution in [0, 0.1) is 11.8 Å². The van der Waals surface area contributed by atoms with Crippen molar-refractivity contribution in [3.63, 3.8) is 0 Å². The Bertz CT molecular complexity index is 281. The molecule has 1 aliphatic carbocycles. The molecule has 3 aliphatic rings. The van der Waals surface area contributed by atoms with E-state index in [0.717, 1.165) is 12.8 Å². The van der Waals surface area contributed by atoms with Gasteiger partial charge in [0.25, 0.3) is 0 Å². The van der Waals surface area contributed by atoms with Gasteiger partial charge < -0.3 is 5.32 Å². The molecule has 1 saturated carbocycles. The van der Waals surface area contributed by atoms with Crippen LogP contribution in [0.25, 0.3) is 0 Å². The van der Waals surface area contributed by atoms with Crippen LogP contribution in [-0.4, -0.2) is 17.9 Å². The molecular weight excluding hydrogens is 222 g/mol. The fourth-order valence-corrected chi connectivity index (χ4v) is 4.40. The molecule has 2 nitrogen and oxygen atoms in total. The van der Waals surface area contributed by atoms with Gasteiger partial charge in [-0.25, -0.2) is 0 Å². The van der Waals surface area contributed by atoms with Crippen LogP contribution in [0.3, 0.4) is 0 Å². The quantitative estimate of drug-likeness (QED) is 0.759. The number of hydrogen-bond acceptors (Lipinski definition) is 2. The number of carbonyl (C=O) groups excluding carboxylic acids is 1. The average molecular weight is 249 g/mol. The lowest BCUT2D eigenvalue weighted by Crippen LogP contribution is -2.50. The maximum atomic E-state index is 12.7. The van der Waals surface area contributed by atoms with Crippen LogP contribution in [0.2, 0.25) is 0 Å². The fraction of sp³-hybridized carbons (Fsp3) is 0.938. The summed E-state index contributed by atoms with van der Waals surface area (Å²) in [7, 11) is 0. The molecule has 2 heterocycles. The molecule has 0 aromatic carbocycles. The Labute approximate surface area is 111 Å². The first-order valence-electron chi connectivity index (χ1n) is 8.12. The molecule has 0 aromatic heterocycles. The second-order valence-electron chi connectivity index (χ2n) is 6.75. The highest BCUT2D eigenvalue weighted by atomic mass is 16.1. The lowest BCUT2D eigenvalue weighted by atomic mass is 9.75. The minimum absolute atomic E-state index is 0.393. The highest BCUT2D eigenvalue weighted by Crippen LogP contribution is 2.34. The molecule has 2 heteroatoms. The van der Waals surface area contributed by atoms with E-state index in [-0.39, 0.29) is 0 Å². The van der Waals surface area contributed by atoms with Gasteiger partial charge in [-0.3, -0.25) is 4.79 Å². The number of piperidine rings is 2. The van der Waals surface area contributed by atoms with Gasteiger partial charge in [0.15, 0.2) is 0 Å². The largest absolute Gasteiger partial charge is 0.311 e. The average Bonchev–Trinajstić information content (AvgIpc) is 2.66. The third-order valence-electron chi connectivity index (χ3n) is 5.37. The highest BCUT2D eigenvalue weighted by Gasteiger charge is 2.36.